The summed E-state index contributed by atoms with van der Waals surface area (Å²) >= 11 is 0. The van der Waals surface area contributed by atoms with Gasteiger partial charge in [-0.3, -0.25) is 4.79 Å². The molecule has 1 amide bonds. The second-order valence-electron chi connectivity index (χ2n) is 6.27. The highest BCUT2D eigenvalue weighted by Crippen LogP contribution is 2.21. The van der Waals surface area contributed by atoms with Gasteiger partial charge in [0.15, 0.2) is 0 Å². The molecule has 0 spiro atoms. The van der Waals surface area contributed by atoms with Crippen molar-refractivity contribution in [1.82, 2.24) is 9.99 Å². The van der Waals surface area contributed by atoms with E-state index in [-0.39, 0.29) is 10.8 Å². The first-order chi connectivity index (χ1) is 13.3. The molecule has 0 aliphatic rings. The van der Waals surface area contributed by atoms with Crippen LogP contribution in [0.2, 0.25) is 0 Å². The smallest absolute Gasteiger partial charge is 0.271 e. The van der Waals surface area contributed by atoms with Gasteiger partial charge in [0.05, 0.1) is 11.1 Å². The third kappa shape index (κ3) is 4.19. The number of aryl methyl sites for hydroxylation is 1. The zero-order chi connectivity index (χ0) is 20.3. The average Bonchev–Trinajstić information content (AvgIpc) is 2.95. The first-order valence-electron chi connectivity index (χ1n) is 8.48. The number of primary sulfonamides is 1. The quantitative estimate of drug-likeness (QED) is 0.511. The number of aromatic nitrogens is 1. The van der Waals surface area contributed by atoms with E-state index in [1.165, 1.54) is 12.1 Å². The van der Waals surface area contributed by atoms with Crippen LogP contribution in [0, 0.1) is 13.8 Å². The Hall–Kier alpha value is -3.23. The predicted octanol–water partition coefficient (Wildman–Crippen LogP) is 2.51. The summed E-state index contributed by atoms with van der Waals surface area (Å²) in [5, 5.41) is 9.18. The van der Waals surface area contributed by atoms with Crippen LogP contribution in [-0.2, 0) is 10.0 Å². The number of nitrogens with zero attached hydrogens (tertiary/aromatic N) is 2. The maximum atomic E-state index is 12.0. The molecule has 1 heterocycles. The van der Waals surface area contributed by atoms with Crippen LogP contribution in [0.3, 0.4) is 0 Å². The van der Waals surface area contributed by atoms with Gasteiger partial charge in [0.2, 0.25) is 10.0 Å². The Balaban J connectivity index is 1.81. The van der Waals surface area contributed by atoms with Crippen molar-refractivity contribution in [3.05, 3.63) is 83.2 Å². The molecule has 28 heavy (non-hydrogen) atoms. The SMILES string of the molecule is Cc1cc(/C=N\NC(=O)c2ccccc2)c(C)n1-c1ccc(S(N)(=O)=O)cc1. The minimum absolute atomic E-state index is 0.0594. The lowest BCUT2D eigenvalue weighted by Crippen LogP contribution is -2.17. The van der Waals surface area contributed by atoms with Crippen molar-refractivity contribution < 1.29 is 13.2 Å². The molecule has 0 aliphatic carbocycles. The highest BCUT2D eigenvalue weighted by Gasteiger charge is 2.12. The molecule has 2 aromatic carbocycles. The van der Waals surface area contributed by atoms with Crippen molar-refractivity contribution in [3.63, 3.8) is 0 Å². The van der Waals surface area contributed by atoms with Gasteiger partial charge in [-0.2, -0.15) is 5.10 Å². The molecule has 0 fully saturated rings. The third-order valence-corrected chi connectivity index (χ3v) is 5.23. The van der Waals surface area contributed by atoms with Crippen LogP contribution in [0.4, 0.5) is 0 Å². The molecule has 0 saturated carbocycles. The molecule has 0 bridgehead atoms. The number of benzene rings is 2. The fourth-order valence-corrected chi connectivity index (χ4v) is 3.43. The molecule has 0 aliphatic heterocycles. The highest BCUT2D eigenvalue weighted by molar-refractivity contribution is 7.89. The number of nitrogens with one attached hydrogen (secondary N) is 1. The van der Waals surface area contributed by atoms with Gasteiger partial charge >= 0.3 is 0 Å². The zero-order valence-corrected chi connectivity index (χ0v) is 16.3. The van der Waals surface area contributed by atoms with Crippen molar-refractivity contribution in [2.45, 2.75) is 18.7 Å². The van der Waals surface area contributed by atoms with Crippen molar-refractivity contribution in [2.75, 3.05) is 0 Å². The van der Waals surface area contributed by atoms with Crippen molar-refractivity contribution in [1.29, 1.82) is 0 Å². The lowest BCUT2D eigenvalue weighted by molar-refractivity contribution is 0.0955. The van der Waals surface area contributed by atoms with Crippen LogP contribution in [-0.4, -0.2) is 25.1 Å². The summed E-state index contributed by atoms with van der Waals surface area (Å²) in [5.74, 6) is -0.288. The number of carbonyl (C=O) groups is 1. The van der Waals surface area contributed by atoms with E-state index in [0.717, 1.165) is 22.6 Å². The fourth-order valence-electron chi connectivity index (χ4n) is 2.92. The summed E-state index contributed by atoms with van der Waals surface area (Å²) in [6, 6.07) is 17.1. The molecule has 0 atom stereocenters. The van der Waals surface area contributed by atoms with E-state index in [2.05, 4.69) is 10.5 Å². The summed E-state index contributed by atoms with van der Waals surface area (Å²) in [6.07, 6.45) is 1.58. The summed E-state index contributed by atoms with van der Waals surface area (Å²) in [5.41, 5.74) is 6.51. The summed E-state index contributed by atoms with van der Waals surface area (Å²) in [6.45, 7) is 3.85. The fraction of sp³-hybridized carbons (Fsp3) is 0.100. The second-order valence-corrected chi connectivity index (χ2v) is 7.83. The number of hydrazone groups is 1. The maximum absolute atomic E-state index is 12.0. The Bertz CT molecular complexity index is 1130. The van der Waals surface area contributed by atoms with Gasteiger partial charge in [-0.05, 0) is 56.3 Å². The van der Waals surface area contributed by atoms with E-state index in [9.17, 15) is 13.2 Å². The zero-order valence-electron chi connectivity index (χ0n) is 15.5. The van der Waals surface area contributed by atoms with Gasteiger partial charge in [0.1, 0.15) is 0 Å². The number of sulfonamides is 1. The van der Waals surface area contributed by atoms with Crippen LogP contribution >= 0.6 is 0 Å². The number of nitrogens with two attached hydrogens (primary N) is 1. The van der Waals surface area contributed by atoms with Crippen molar-refractivity contribution in [2.24, 2.45) is 10.2 Å². The van der Waals surface area contributed by atoms with Crippen LogP contribution < -0.4 is 10.6 Å². The monoisotopic (exact) mass is 396 g/mol. The Morgan fingerprint density at radius 3 is 2.32 bits per heavy atom. The second kappa shape index (κ2) is 7.79. The van der Waals surface area contributed by atoms with Crippen molar-refractivity contribution >= 4 is 22.1 Å². The largest absolute Gasteiger partial charge is 0.318 e. The number of amides is 1. The topological polar surface area (TPSA) is 107 Å². The van der Waals surface area contributed by atoms with Crippen molar-refractivity contribution in [3.8, 4) is 5.69 Å². The number of carbonyl (C=O) groups excluding carboxylic acids is 1. The number of rotatable bonds is 5. The van der Waals surface area contributed by atoms with Crippen LogP contribution in [0.1, 0.15) is 27.3 Å². The van der Waals surface area contributed by atoms with Gasteiger partial charge in [-0.25, -0.2) is 19.0 Å². The predicted molar refractivity (Wildman–Crippen MR) is 108 cm³/mol. The van der Waals surface area contributed by atoms with E-state index in [1.807, 2.05) is 30.5 Å². The standard InChI is InChI=1S/C20H20N4O3S/c1-14-12-17(13-22-23-20(25)16-6-4-3-5-7-16)15(2)24(14)18-8-10-19(11-9-18)28(21,26)27/h3-13H,1-2H3,(H,23,25)(H2,21,26,27)/b22-13-. The molecule has 1 aromatic heterocycles. The van der Waals surface area contributed by atoms with Gasteiger partial charge in [-0.1, -0.05) is 18.2 Å². The van der Waals surface area contributed by atoms with Crippen LogP contribution in [0.25, 0.3) is 5.69 Å². The van der Waals surface area contributed by atoms with Gasteiger partial charge in [0, 0.05) is 28.2 Å². The first kappa shape index (κ1) is 19.5. The molecule has 8 heteroatoms. The minimum Gasteiger partial charge on any atom is -0.318 e. The summed E-state index contributed by atoms with van der Waals surface area (Å²) in [7, 11) is -3.73. The molecular weight excluding hydrogens is 376 g/mol. The van der Waals surface area contributed by atoms with Crippen LogP contribution in [0.15, 0.2) is 70.7 Å². The lowest BCUT2D eigenvalue weighted by Gasteiger charge is -2.10. The van der Waals surface area contributed by atoms with Gasteiger partial charge < -0.3 is 4.57 Å². The molecule has 0 radical (unpaired) electrons. The highest BCUT2D eigenvalue weighted by atomic mass is 32.2. The maximum Gasteiger partial charge on any atom is 0.271 e. The summed E-state index contributed by atoms with van der Waals surface area (Å²) < 4.78 is 24.8. The third-order valence-electron chi connectivity index (χ3n) is 4.30. The van der Waals surface area contributed by atoms with Gasteiger partial charge in [-0.15, -0.1) is 0 Å². The lowest BCUT2D eigenvalue weighted by atomic mass is 10.2. The van der Waals surface area contributed by atoms with Gasteiger partial charge in [0.25, 0.3) is 5.91 Å². The molecule has 0 saturated heterocycles. The normalized spacial score (nSPS) is 11.7. The molecule has 7 nitrogen and oxygen atoms in total. The Morgan fingerprint density at radius 1 is 1.07 bits per heavy atom. The van der Waals surface area contributed by atoms with E-state index < -0.39 is 10.0 Å². The molecule has 0 unspecified atom stereocenters. The van der Waals surface area contributed by atoms with E-state index >= 15 is 0 Å². The Morgan fingerprint density at radius 2 is 1.71 bits per heavy atom. The summed E-state index contributed by atoms with van der Waals surface area (Å²) in [4.78, 5) is 12.1. The Labute approximate surface area is 163 Å². The van der Waals surface area contributed by atoms with Crippen LogP contribution in [0.5, 0.6) is 0 Å². The molecule has 3 aromatic rings. The minimum atomic E-state index is -3.73. The first-order valence-corrected chi connectivity index (χ1v) is 10.0. The number of hydrogen-bond acceptors (Lipinski definition) is 4. The van der Waals surface area contributed by atoms with E-state index in [0.29, 0.717) is 5.56 Å². The molecule has 3 N–H and O–H groups in total. The average molecular weight is 396 g/mol. The molecular formula is C20H20N4O3S. The molecule has 144 valence electrons. The Kier molecular flexibility index (Phi) is 5.43. The number of hydrogen-bond donors (Lipinski definition) is 2. The van der Waals surface area contributed by atoms with E-state index in [1.54, 1.807) is 42.6 Å². The molecule has 3 rings (SSSR count). The van der Waals surface area contributed by atoms with E-state index in [4.69, 9.17) is 5.14 Å².